The molecule has 124 valence electrons. The molecule has 3 heterocycles. The molecule has 0 radical (unpaired) electrons. The van der Waals surface area contributed by atoms with Gasteiger partial charge in [-0.05, 0) is 35.9 Å². The molecule has 1 fully saturated rings. The molecule has 1 aliphatic carbocycles. The fraction of sp³-hybridized carbons (Fsp3) is 0.211. The average molecular weight is 364 g/mol. The highest BCUT2D eigenvalue weighted by Crippen LogP contribution is 2.42. The van der Waals surface area contributed by atoms with E-state index in [1.54, 1.807) is 23.1 Å². The van der Waals surface area contributed by atoms with Gasteiger partial charge in [0.1, 0.15) is 0 Å². The highest BCUT2D eigenvalue weighted by molar-refractivity contribution is 7.98. The molecular formula is C19H16N4S2. The van der Waals surface area contributed by atoms with Crippen LogP contribution in [0.1, 0.15) is 24.4 Å². The van der Waals surface area contributed by atoms with Crippen LogP contribution in [0, 0.1) is 0 Å². The van der Waals surface area contributed by atoms with Crippen molar-refractivity contribution in [2.75, 3.05) is 0 Å². The number of fused-ring (bicyclic) bond motifs is 1. The third kappa shape index (κ3) is 2.85. The zero-order chi connectivity index (χ0) is 16.6. The number of pyridine rings is 1. The van der Waals surface area contributed by atoms with Crippen LogP contribution in [0.4, 0.5) is 0 Å². The highest BCUT2D eigenvalue weighted by atomic mass is 32.2. The summed E-state index contributed by atoms with van der Waals surface area (Å²) in [6, 6.07) is 15.2. The molecular weight excluding hydrogens is 348 g/mol. The van der Waals surface area contributed by atoms with Crippen molar-refractivity contribution in [3.63, 3.8) is 0 Å². The van der Waals surface area contributed by atoms with E-state index in [1.165, 1.54) is 28.7 Å². The zero-order valence-electron chi connectivity index (χ0n) is 13.5. The lowest BCUT2D eigenvalue weighted by atomic mass is 10.1. The lowest BCUT2D eigenvalue weighted by Gasteiger charge is -2.08. The standard InChI is InChI=1S/C19H16N4S2/c1-4-13-6-2-10-20-17(13)14(5-1)12-25-19-22-21-18(16-7-3-11-24-16)23(19)15-8-9-15/h1-7,10-11,15H,8-9,12H2. The lowest BCUT2D eigenvalue weighted by molar-refractivity contribution is 0.670. The number of rotatable bonds is 5. The first kappa shape index (κ1) is 15.1. The number of benzene rings is 1. The molecule has 0 amide bonds. The summed E-state index contributed by atoms with van der Waals surface area (Å²) in [5, 5.41) is 13.3. The second kappa shape index (κ2) is 6.28. The number of thioether (sulfide) groups is 1. The minimum Gasteiger partial charge on any atom is -0.298 e. The smallest absolute Gasteiger partial charge is 0.192 e. The topological polar surface area (TPSA) is 43.6 Å². The van der Waals surface area contributed by atoms with Crippen LogP contribution in [0.25, 0.3) is 21.6 Å². The summed E-state index contributed by atoms with van der Waals surface area (Å²) in [5.41, 5.74) is 2.32. The summed E-state index contributed by atoms with van der Waals surface area (Å²) in [6.07, 6.45) is 4.30. The molecule has 5 rings (SSSR count). The van der Waals surface area contributed by atoms with Crippen LogP contribution in [-0.4, -0.2) is 19.7 Å². The Hall–Kier alpha value is -2.18. The van der Waals surface area contributed by atoms with Crippen molar-refractivity contribution in [1.82, 2.24) is 19.7 Å². The Morgan fingerprint density at radius 2 is 2.00 bits per heavy atom. The van der Waals surface area contributed by atoms with Crippen LogP contribution in [-0.2, 0) is 5.75 Å². The van der Waals surface area contributed by atoms with E-state index in [9.17, 15) is 0 Å². The van der Waals surface area contributed by atoms with Gasteiger partial charge in [0.2, 0.25) is 0 Å². The van der Waals surface area contributed by atoms with Gasteiger partial charge in [0, 0.05) is 23.4 Å². The predicted molar refractivity (Wildman–Crippen MR) is 103 cm³/mol. The van der Waals surface area contributed by atoms with Crippen molar-refractivity contribution in [3.05, 3.63) is 59.6 Å². The Morgan fingerprint density at radius 3 is 2.84 bits per heavy atom. The van der Waals surface area contributed by atoms with Crippen LogP contribution in [0.2, 0.25) is 0 Å². The molecule has 0 atom stereocenters. The number of hydrogen-bond acceptors (Lipinski definition) is 5. The largest absolute Gasteiger partial charge is 0.298 e. The summed E-state index contributed by atoms with van der Waals surface area (Å²) in [4.78, 5) is 5.75. The minimum atomic E-state index is 0.556. The Morgan fingerprint density at radius 1 is 1.08 bits per heavy atom. The molecule has 1 aliphatic rings. The Balaban J connectivity index is 1.47. The van der Waals surface area contributed by atoms with E-state index in [2.05, 4.69) is 61.5 Å². The summed E-state index contributed by atoms with van der Waals surface area (Å²) < 4.78 is 2.33. The van der Waals surface area contributed by atoms with Gasteiger partial charge in [0.05, 0.1) is 10.4 Å². The molecule has 4 aromatic rings. The molecule has 0 unspecified atom stereocenters. The maximum absolute atomic E-state index is 4.55. The molecule has 3 aromatic heterocycles. The van der Waals surface area contributed by atoms with Crippen LogP contribution in [0.15, 0.2) is 59.2 Å². The SMILES string of the molecule is c1csc(-c2nnc(SCc3cccc4cccnc34)n2C2CC2)c1. The number of nitrogens with zero attached hydrogens (tertiary/aromatic N) is 4. The molecule has 0 spiro atoms. The van der Waals surface area contributed by atoms with Gasteiger partial charge < -0.3 is 0 Å². The van der Waals surface area contributed by atoms with E-state index in [-0.39, 0.29) is 0 Å². The third-order valence-corrected chi connectivity index (χ3v) is 6.25. The molecule has 6 heteroatoms. The Labute approximate surface area is 153 Å². The molecule has 4 nitrogen and oxygen atoms in total. The van der Waals surface area contributed by atoms with E-state index in [0.29, 0.717) is 6.04 Å². The summed E-state index contributed by atoms with van der Waals surface area (Å²) in [6.45, 7) is 0. The van der Waals surface area contributed by atoms with Gasteiger partial charge in [-0.15, -0.1) is 21.5 Å². The van der Waals surface area contributed by atoms with E-state index < -0.39 is 0 Å². The van der Waals surface area contributed by atoms with Crippen molar-refractivity contribution in [2.45, 2.75) is 29.8 Å². The molecule has 0 aliphatic heterocycles. The lowest BCUT2D eigenvalue weighted by Crippen LogP contribution is -1.99. The first-order valence-corrected chi connectivity index (χ1v) is 10.2. The van der Waals surface area contributed by atoms with Gasteiger partial charge in [-0.1, -0.05) is 42.1 Å². The van der Waals surface area contributed by atoms with Gasteiger partial charge in [0.25, 0.3) is 0 Å². The molecule has 0 N–H and O–H groups in total. The monoisotopic (exact) mass is 364 g/mol. The second-order valence-electron chi connectivity index (χ2n) is 6.17. The van der Waals surface area contributed by atoms with Gasteiger partial charge in [0.15, 0.2) is 11.0 Å². The number of aromatic nitrogens is 4. The number of hydrogen-bond donors (Lipinski definition) is 0. The maximum Gasteiger partial charge on any atom is 0.192 e. The average Bonchev–Trinajstić information content (AvgIpc) is 3.18. The van der Waals surface area contributed by atoms with E-state index in [1.807, 2.05) is 12.3 Å². The quantitative estimate of drug-likeness (QED) is 0.458. The Kier molecular flexibility index (Phi) is 3.79. The molecule has 0 bridgehead atoms. The maximum atomic E-state index is 4.55. The predicted octanol–water partition coefficient (Wildman–Crippen LogP) is 5.18. The summed E-state index contributed by atoms with van der Waals surface area (Å²) >= 11 is 3.48. The van der Waals surface area contributed by atoms with Gasteiger partial charge in [-0.2, -0.15) is 0 Å². The van der Waals surface area contributed by atoms with E-state index in [0.717, 1.165) is 22.3 Å². The first-order valence-electron chi connectivity index (χ1n) is 8.34. The van der Waals surface area contributed by atoms with Crippen molar-refractivity contribution < 1.29 is 0 Å². The normalized spacial score (nSPS) is 14.2. The van der Waals surface area contributed by atoms with Crippen molar-refractivity contribution in [3.8, 4) is 10.7 Å². The van der Waals surface area contributed by atoms with E-state index in [4.69, 9.17) is 0 Å². The van der Waals surface area contributed by atoms with Crippen molar-refractivity contribution in [1.29, 1.82) is 0 Å². The zero-order valence-corrected chi connectivity index (χ0v) is 15.1. The molecule has 0 saturated heterocycles. The van der Waals surface area contributed by atoms with Crippen molar-refractivity contribution in [2.24, 2.45) is 0 Å². The first-order chi connectivity index (χ1) is 12.4. The molecule has 1 saturated carbocycles. The van der Waals surface area contributed by atoms with Crippen LogP contribution in [0.5, 0.6) is 0 Å². The van der Waals surface area contributed by atoms with E-state index >= 15 is 0 Å². The van der Waals surface area contributed by atoms with Crippen LogP contribution in [0.3, 0.4) is 0 Å². The fourth-order valence-electron chi connectivity index (χ4n) is 3.04. The minimum absolute atomic E-state index is 0.556. The van der Waals surface area contributed by atoms with Gasteiger partial charge >= 0.3 is 0 Å². The van der Waals surface area contributed by atoms with Crippen LogP contribution >= 0.6 is 23.1 Å². The fourth-order valence-corrected chi connectivity index (χ4v) is 4.73. The number of thiophene rings is 1. The Bertz CT molecular complexity index is 1010. The van der Waals surface area contributed by atoms with Crippen molar-refractivity contribution >= 4 is 34.0 Å². The van der Waals surface area contributed by atoms with Gasteiger partial charge in [-0.3, -0.25) is 9.55 Å². The molecule has 1 aromatic carbocycles. The molecule has 25 heavy (non-hydrogen) atoms. The highest BCUT2D eigenvalue weighted by Gasteiger charge is 2.30. The van der Waals surface area contributed by atoms with Crippen LogP contribution < -0.4 is 0 Å². The summed E-state index contributed by atoms with van der Waals surface area (Å²) in [7, 11) is 0. The number of para-hydroxylation sites is 1. The summed E-state index contributed by atoms with van der Waals surface area (Å²) in [5.74, 6) is 1.86. The van der Waals surface area contributed by atoms with Gasteiger partial charge in [-0.25, -0.2) is 0 Å². The second-order valence-corrected chi connectivity index (χ2v) is 8.06. The third-order valence-electron chi connectivity index (χ3n) is 4.39.